The van der Waals surface area contributed by atoms with E-state index >= 15 is 0 Å². The van der Waals surface area contributed by atoms with Gasteiger partial charge in [0.1, 0.15) is 0 Å². The zero-order valence-electron chi connectivity index (χ0n) is 6.02. The number of nitrogens with two attached hydrogens (primary N) is 1. The molecule has 0 aromatic heterocycles. The van der Waals surface area contributed by atoms with Gasteiger partial charge in [0.15, 0.2) is 0 Å². The van der Waals surface area contributed by atoms with Crippen molar-refractivity contribution in [2.75, 3.05) is 13.1 Å². The molecule has 0 aliphatic heterocycles. The third-order valence-corrected chi connectivity index (χ3v) is 2.18. The minimum Gasteiger partial charge on any atom is -0.330 e. The lowest BCUT2D eigenvalue weighted by Gasteiger charge is -2.16. The van der Waals surface area contributed by atoms with Gasteiger partial charge in [0.05, 0.1) is 0 Å². The Labute approximate surface area is 71.1 Å². The van der Waals surface area contributed by atoms with Crippen molar-refractivity contribution in [2.24, 2.45) is 17.6 Å². The summed E-state index contributed by atoms with van der Waals surface area (Å²) in [6.07, 6.45) is 0. The SMILES string of the molecule is CC(CN)C(C)CNI. The standard InChI is InChI=1S/C6H15IN2/c1-5(3-8)6(2)4-9-7/h5-6,9H,3-4,8H2,1-2H3. The Balaban J connectivity index is 3.32. The maximum atomic E-state index is 5.47. The van der Waals surface area contributed by atoms with E-state index in [4.69, 9.17) is 5.73 Å². The van der Waals surface area contributed by atoms with E-state index in [0.717, 1.165) is 13.1 Å². The predicted octanol–water partition coefficient (Wildman–Crippen LogP) is 1.16. The van der Waals surface area contributed by atoms with Crippen molar-refractivity contribution < 1.29 is 0 Å². The molecule has 2 nitrogen and oxygen atoms in total. The van der Waals surface area contributed by atoms with Crippen LogP contribution >= 0.6 is 22.9 Å². The van der Waals surface area contributed by atoms with Crippen LogP contribution in [-0.4, -0.2) is 13.1 Å². The highest BCUT2D eigenvalue weighted by Crippen LogP contribution is 2.07. The van der Waals surface area contributed by atoms with Crippen LogP contribution in [0.15, 0.2) is 0 Å². The Bertz CT molecular complexity index is 68.1. The van der Waals surface area contributed by atoms with Gasteiger partial charge >= 0.3 is 0 Å². The highest BCUT2D eigenvalue weighted by atomic mass is 127. The zero-order chi connectivity index (χ0) is 7.28. The van der Waals surface area contributed by atoms with E-state index in [9.17, 15) is 0 Å². The summed E-state index contributed by atoms with van der Waals surface area (Å²) >= 11 is 2.16. The lowest BCUT2D eigenvalue weighted by Crippen LogP contribution is -2.24. The summed E-state index contributed by atoms with van der Waals surface area (Å²) in [5.41, 5.74) is 5.47. The molecule has 0 saturated heterocycles. The van der Waals surface area contributed by atoms with E-state index in [1.54, 1.807) is 0 Å². The molecule has 0 bridgehead atoms. The number of rotatable bonds is 4. The smallest absolute Gasteiger partial charge is 0.0169 e. The van der Waals surface area contributed by atoms with E-state index in [1.807, 2.05) is 0 Å². The van der Waals surface area contributed by atoms with E-state index in [2.05, 4.69) is 40.2 Å². The Morgan fingerprint density at radius 2 is 2.00 bits per heavy atom. The van der Waals surface area contributed by atoms with Crippen molar-refractivity contribution >= 4 is 22.9 Å². The molecule has 3 N–H and O–H groups in total. The fourth-order valence-corrected chi connectivity index (χ4v) is 1.25. The second-order valence-electron chi connectivity index (χ2n) is 2.53. The molecule has 0 aromatic carbocycles. The van der Waals surface area contributed by atoms with Crippen molar-refractivity contribution in [3.63, 3.8) is 0 Å². The van der Waals surface area contributed by atoms with E-state index in [0.29, 0.717) is 11.8 Å². The maximum absolute atomic E-state index is 5.47. The first kappa shape index (κ1) is 9.65. The summed E-state index contributed by atoms with van der Waals surface area (Å²) in [5, 5.41) is 0. The number of hydrogen-bond acceptors (Lipinski definition) is 2. The fraction of sp³-hybridized carbons (Fsp3) is 1.00. The molecule has 56 valence electrons. The van der Waals surface area contributed by atoms with Crippen LogP contribution in [0.2, 0.25) is 0 Å². The third kappa shape index (κ3) is 4.11. The Kier molecular flexibility index (Phi) is 5.83. The van der Waals surface area contributed by atoms with E-state index in [-0.39, 0.29) is 0 Å². The topological polar surface area (TPSA) is 38.0 Å². The molecule has 0 aromatic rings. The van der Waals surface area contributed by atoms with Crippen LogP contribution in [-0.2, 0) is 0 Å². The second kappa shape index (κ2) is 5.44. The van der Waals surface area contributed by atoms with Gasteiger partial charge in [-0.05, 0) is 18.4 Å². The van der Waals surface area contributed by atoms with Crippen molar-refractivity contribution in [1.82, 2.24) is 3.53 Å². The fourth-order valence-electron chi connectivity index (χ4n) is 0.555. The van der Waals surface area contributed by atoms with Crippen molar-refractivity contribution in [1.29, 1.82) is 0 Å². The minimum absolute atomic E-state index is 0.632. The Morgan fingerprint density at radius 3 is 2.33 bits per heavy atom. The van der Waals surface area contributed by atoms with Gasteiger partial charge < -0.3 is 5.73 Å². The molecule has 9 heavy (non-hydrogen) atoms. The average molecular weight is 242 g/mol. The summed E-state index contributed by atoms with van der Waals surface area (Å²) < 4.78 is 3.10. The molecule has 0 saturated carbocycles. The highest BCUT2D eigenvalue weighted by molar-refractivity contribution is 14.1. The lowest BCUT2D eigenvalue weighted by molar-refractivity contribution is 0.400. The van der Waals surface area contributed by atoms with Gasteiger partial charge in [-0.1, -0.05) is 13.8 Å². The summed E-state index contributed by atoms with van der Waals surface area (Å²) in [5.74, 6) is 1.32. The van der Waals surface area contributed by atoms with Crippen LogP contribution in [0.25, 0.3) is 0 Å². The van der Waals surface area contributed by atoms with Crippen molar-refractivity contribution in [2.45, 2.75) is 13.8 Å². The molecule has 0 spiro atoms. The van der Waals surface area contributed by atoms with Crippen molar-refractivity contribution in [3.05, 3.63) is 0 Å². The maximum Gasteiger partial charge on any atom is 0.0169 e. The van der Waals surface area contributed by atoms with E-state index < -0.39 is 0 Å². The van der Waals surface area contributed by atoms with Gasteiger partial charge in [-0.25, -0.2) is 0 Å². The normalized spacial score (nSPS) is 17.3. The van der Waals surface area contributed by atoms with Gasteiger partial charge in [0.2, 0.25) is 0 Å². The van der Waals surface area contributed by atoms with Gasteiger partial charge in [-0.2, -0.15) is 0 Å². The molecular formula is C6H15IN2. The molecule has 0 aliphatic carbocycles. The van der Waals surface area contributed by atoms with Gasteiger partial charge in [-0.3, -0.25) is 3.53 Å². The number of halogens is 1. The monoisotopic (exact) mass is 242 g/mol. The molecule has 3 heteroatoms. The van der Waals surface area contributed by atoms with Crippen LogP contribution in [0.3, 0.4) is 0 Å². The molecule has 0 fully saturated rings. The predicted molar refractivity (Wildman–Crippen MR) is 49.4 cm³/mol. The van der Waals surface area contributed by atoms with Gasteiger partial charge in [0.25, 0.3) is 0 Å². The molecular weight excluding hydrogens is 227 g/mol. The van der Waals surface area contributed by atoms with Crippen LogP contribution < -0.4 is 9.26 Å². The van der Waals surface area contributed by atoms with Crippen LogP contribution in [0.4, 0.5) is 0 Å². The molecule has 0 aliphatic rings. The summed E-state index contributed by atoms with van der Waals surface area (Å²) in [7, 11) is 0. The largest absolute Gasteiger partial charge is 0.330 e. The first-order valence-corrected chi connectivity index (χ1v) is 4.33. The van der Waals surface area contributed by atoms with Crippen LogP contribution in [0, 0.1) is 11.8 Å². The number of nitrogens with one attached hydrogen (secondary N) is 1. The minimum atomic E-state index is 0.632. The third-order valence-electron chi connectivity index (χ3n) is 1.74. The van der Waals surface area contributed by atoms with E-state index in [1.165, 1.54) is 0 Å². The molecule has 0 radical (unpaired) electrons. The van der Waals surface area contributed by atoms with Gasteiger partial charge in [-0.15, -0.1) is 0 Å². The quantitative estimate of drug-likeness (QED) is 0.573. The molecule has 0 heterocycles. The van der Waals surface area contributed by atoms with Crippen LogP contribution in [0.1, 0.15) is 13.8 Å². The second-order valence-corrected chi connectivity index (χ2v) is 3.29. The molecule has 2 atom stereocenters. The molecule has 2 unspecified atom stereocenters. The lowest BCUT2D eigenvalue weighted by atomic mass is 9.97. The highest BCUT2D eigenvalue weighted by Gasteiger charge is 2.08. The average Bonchev–Trinajstić information content (AvgIpc) is 1.87. The summed E-state index contributed by atoms with van der Waals surface area (Å²) in [6, 6.07) is 0. The molecule has 0 rings (SSSR count). The summed E-state index contributed by atoms with van der Waals surface area (Å²) in [4.78, 5) is 0. The van der Waals surface area contributed by atoms with Crippen LogP contribution in [0.5, 0.6) is 0 Å². The molecule has 0 amide bonds. The summed E-state index contributed by atoms with van der Waals surface area (Å²) in [6.45, 7) is 6.24. The van der Waals surface area contributed by atoms with Gasteiger partial charge in [0, 0.05) is 29.4 Å². The number of hydrogen-bond donors (Lipinski definition) is 2. The first-order chi connectivity index (χ1) is 4.22. The van der Waals surface area contributed by atoms with Crippen molar-refractivity contribution in [3.8, 4) is 0 Å². The zero-order valence-corrected chi connectivity index (χ0v) is 8.18. The Morgan fingerprint density at radius 1 is 1.44 bits per heavy atom. The Hall–Kier alpha value is 0.650. The first-order valence-electron chi connectivity index (χ1n) is 3.26.